The number of hydrogen-bond donors (Lipinski definition) is 0. The van der Waals surface area contributed by atoms with Gasteiger partial charge in [0.05, 0.1) is 0 Å². The predicted octanol–water partition coefficient (Wildman–Crippen LogP) is 8.44. The molecule has 0 amide bonds. The van der Waals surface area contributed by atoms with Crippen LogP contribution in [0.25, 0.3) is 0 Å². The molecule has 0 bridgehead atoms. The Morgan fingerprint density at radius 1 is 0.853 bits per heavy atom. The van der Waals surface area contributed by atoms with Crippen molar-refractivity contribution in [1.82, 2.24) is 4.81 Å². The molecule has 1 saturated heterocycles. The molecule has 0 aromatic heterocycles. The summed E-state index contributed by atoms with van der Waals surface area (Å²) >= 11 is 0. The lowest BCUT2D eigenvalue weighted by Gasteiger charge is -2.55. The fourth-order valence-corrected chi connectivity index (χ4v) is 6.82. The van der Waals surface area contributed by atoms with Crippen molar-refractivity contribution in [1.29, 1.82) is 0 Å². The number of anilines is 1. The van der Waals surface area contributed by atoms with Crippen LogP contribution in [0.3, 0.4) is 0 Å². The largest absolute Gasteiger partial charge is 0.592 e. The van der Waals surface area contributed by atoms with Gasteiger partial charge >= 0.3 is 15.8 Å². The van der Waals surface area contributed by atoms with Crippen LogP contribution in [0.1, 0.15) is 97.6 Å². The molecule has 1 atom stereocenters. The van der Waals surface area contributed by atoms with Gasteiger partial charge in [0.1, 0.15) is 5.75 Å². The number of nitrogens with zero attached hydrogens (tertiary/aromatic N) is 2. The lowest BCUT2D eigenvalue weighted by molar-refractivity contribution is 0.0374. The highest BCUT2D eigenvalue weighted by molar-refractivity contribution is 7.52. The van der Waals surface area contributed by atoms with Crippen LogP contribution in [0, 0.1) is 0 Å². The number of hydrogen-bond acceptors (Lipinski definition) is 4. The van der Waals surface area contributed by atoms with Crippen molar-refractivity contribution in [3.63, 3.8) is 0 Å². The summed E-state index contributed by atoms with van der Waals surface area (Å²) in [5.74, 6) is 1.51. The standard InChI is InChI=1S/C27H39BFN2O2P/c1-19(2)21-13-11-14-22(20(3)4)25(21)30-28(31-26(5,6)17-12-18-27(31,7)8)32-23-15-9-10-16-24(23)33-34(30)29/h9-11,13-16,19-20H,12,17-18H2,1-8H3. The Labute approximate surface area is 207 Å². The molecular formula is C27H39BFN2O2P. The molecule has 0 N–H and O–H groups in total. The first-order chi connectivity index (χ1) is 15.9. The number of fused-ring (bicyclic) bond motifs is 1. The lowest BCUT2D eigenvalue weighted by Crippen LogP contribution is -2.70. The Bertz CT molecular complexity index is 987. The first-order valence-corrected chi connectivity index (χ1v) is 13.7. The van der Waals surface area contributed by atoms with Gasteiger partial charge in [-0.05, 0) is 82.1 Å². The maximum atomic E-state index is 16.5. The molecule has 7 heteroatoms. The molecule has 2 aromatic carbocycles. The normalized spacial score (nSPS) is 22.3. The van der Waals surface area contributed by atoms with Gasteiger partial charge in [0.15, 0.2) is 5.75 Å². The Morgan fingerprint density at radius 3 is 1.91 bits per heavy atom. The minimum atomic E-state index is -2.51. The van der Waals surface area contributed by atoms with E-state index in [0.29, 0.717) is 11.5 Å². The van der Waals surface area contributed by atoms with E-state index in [1.807, 2.05) is 22.8 Å². The van der Waals surface area contributed by atoms with E-state index >= 15 is 4.20 Å². The van der Waals surface area contributed by atoms with Crippen molar-refractivity contribution in [3.05, 3.63) is 53.6 Å². The summed E-state index contributed by atoms with van der Waals surface area (Å²) in [6, 6.07) is 13.8. The Balaban J connectivity index is 1.99. The smallest absolute Gasteiger partial charge is 0.525 e. The summed E-state index contributed by atoms with van der Waals surface area (Å²) in [5, 5.41) is 0. The van der Waals surface area contributed by atoms with Gasteiger partial charge in [0.2, 0.25) is 0 Å². The molecule has 2 aliphatic heterocycles. The quantitative estimate of drug-likeness (QED) is 0.321. The lowest BCUT2D eigenvalue weighted by atomic mass is 9.71. The van der Waals surface area contributed by atoms with E-state index in [0.717, 1.165) is 36.1 Å². The van der Waals surface area contributed by atoms with Crippen molar-refractivity contribution < 1.29 is 13.4 Å². The topological polar surface area (TPSA) is 24.9 Å². The Morgan fingerprint density at radius 2 is 1.38 bits per heavy atom. The van der Waals surface area contributed by atoms with E-state index in [1.165, 1.54) is 0 Å². The zero-order chi connectivity index (χ0) is 24.8. The maximum absolute atomic E-state index is 16.5. The third-order valence-electron chi connectivity index (χ3n) is 7.31. The number of para-hydroxylation sites is 3. The van der Waals surface area contributed by atoms with Crippen LogP contribution in [0.4, 0.5) is 9.88 Å². The van der Waals surface area contributed by atoms with Gasteiger partial charge in [0, 0.05) is 16.8 Å². The Kier molecular flexibility index (Phi) is 6.97. The van der Waals surface area contributed by atoms with E-state index in [4.69, 9.17) is 9.18 Å². The van der Waals surface area contributed by atoms with Gasteiger partial charge in [-0.25, -0.2) is 0 Å². The van der Waals surface area contributed by atoms with E-state index in [2.05, 4.69) is 78.4 Å². The molecule has 34 heavy (non-hydrogen) atoms. The number of halogens is 1. The van der Waals surface area contributed by atoms with Crippen molar-refractivity contribution >= 4 is 21.5 Å². The highest BCUT2D eigenvalue weighted by Gasteiger charge is 2.56. The summed E-state index contributed by atoms with van der Waals surface area (Å²) < 4.78 is 31.2. The van der Waals surface area contributed by atoms with Crippen molar-refractivity contribution in [2.24, 2.45) is 0 Å². The van der Waals surface area contributed by atoms with Crippen LogP contribution >= 0.6 is 8.61 Å². The molecule has 1 unspecified atom stereocenters. The number of benzene rings is 2. The van der Waals surface area contributed by atoms with Crippen molar-refractivity contribution in [3.8, 4) is 11.5 Å². The average Bonchev–Trinajstić information content (AvgIpc) is 2.87. The first kappa shape index (κ1) is 25.3. The van der Waals surface area contributed by atoms with E-state index in [9.17, 15) is 0 Å². The van der Waals surface area contributed by atoms with E-state index < -0.39 is 15.8 Å². The molecule has 2 aliphatic rings. The van der Waals surface area contributed by atoms with Crippen LogP contribution in [0.2, 0.25) is 0 Å². The molecule has 4 rings (SSSR count). The average molecular weight is 484 g/mol. The summed E-state index contributed by atoms with van der Waals surface area (Å²) in [6.45, 7) is 17.7. The van der Waals surface area contributed by atoms with Gasteiger partial charge < -0.3 is 9.18 Å². The molecule has 1 fully saturated rings. The molecule has 184 valence electrons. The predicted molar refractivity (Wildman–Crippen MR) is 142 cm³/mol. The monoisotopic (exact) mass is 484 g/mol. The minimum Gasteiger partial charge on any atom is -0.525 e. The van der Waals surface area contributed by atoms with Gasteiger partial charge in [-0.2, -0.15) is 4.20 Å². The summed E-state index contributed by atoms with van der Waals surface area (Å²) in [4.78, 5) is 2.39. The zero-order valence-electron chi connectivity index (χ0n) is 21.9. The molecule has 0 radical (unpaired) electrons. The SMILES string of the molecule is CC(C)c1cccc(C(C)C)c1N1B(N2C(C)(C)CCCC2(C)C)Oc2ccccc2OP1F. The van der Waals surface area contributed by atoms with Gasteiger partial charge in [0.25, 0.3) is 0 Å². The molecule has 0 aliphatic carbocycles. The summed E-state index contributed by atoms with van der Waals surface area (Å²) in [7, 11) is -3.14. The van der Waals surface area contributed by atoms with Gasteiger partial charge in [-0.3, -0.25) is 9.39 Å². The second-order valence-corrected chi connectivity index (χ2v) is 12.6. The third kappa shape index (κ3) is 4.56. The molecule has 2 heterocycles. The highest BCUT2D eigenvalue weighted by atomic mass is 31.2. The van der Waals surface area contributed by atoms with Crippen LogP contribution in [-0.2, 0) is 0 Å². The molecule has 0 saturated carbocycles. The van der Waals surface area contributed by atoms with Gasteiger partial charge in [-0.15, -0.1) is 0 Å². The van der Waals surface area contributed by atoms with Crippen LogP contribution in [0.5, 0.6) is 11.5 Å². The van der Waals surface area contributed by atoms with E-state index in [1.54, 1.807) is 6.07 Å². The highest BCUT2D eigenvalue weighted by Crippen LogP contribution is 2.56. The fraction of sp³-hybridized carbons (Fsp3) is 0.556. The Hall–Kier alpha value is -1.78. The third-order valence-corrected chi connectivity index (χ3v) is 8.39. The van der Waals surface area contributed by atoms with Crippen molar-refractivity contribution in [2.45, 2.75) is 97.6 Å². The second-order valence-electron chi connectivity index (χ2n) is 11.5. The van der Waals surface area contributed by atoms with Crippen molar-refractivity contribution in [2.75, 3.05) is 4.58 Å². The number of rotatable bonds is 4. The van der Waals surface area contributed by atoms with Crippen LogP contribution in [-0.4, -0.2) is 23.1 Å². The summed E-state index contributed by atoms with van der Waals surface area (Å²) in [5.41, 5.74) is 2.80. The first-order valence-electron chi connectivity index (χ1n) is 12.5. The van der Waals surface area contributed by atoms with Crippen LogP contribution in [0.15, 0.2) is 42.5 Å². The van der Waals surface area contributed by atoms with Crippen LogP contribution < -0.4 is 13.8 Å². The second kappa shape index (κ2) is 9.35. The molecule has 0 spiro atoms. The summed E-state index contributed by atoms with van der Waals surface area (Å²) in [6.07, 6.45) is 3.19. The maximum Gasteiger partial charge on any atom is 0.592 e. The number of piperidine rings is 1. The van der Waals surface area contributed by atoms with Gasteiger partial charge in [-0.1, -0.05) is 58.0 Å². The van der Waals surface area contributed by atoms with E-state index in [-0.39, 0.29) is 22.9 Å². The minimum absolute atomic E-state index is 0.176. The molecule has 2 aromatic rings. The fourth-order valence-electron chi connectivity index (χ4n) is 5.73. The molecule has 4 nitrogen and oxygen atoms in total. The molecular weight excluding hydrogens is 445 g/mol. The zero-order valence-corrected chi connectivity index (χ0v) is 22.8.